The Morgan fingerprint density at radius 3 is 3.04 bits per heavy atom. The minimum atomic E-state index is -0.415. The molecular weight excluding hydrogens is 333 g/mol. The first-order valence-electron chi connectivity index (χ1n) is 8.73. The van der Waals surface area contributed by atoms with E-state index >= 15 is 0 Å². The molecule has 7 heteroatoms. The second kappa shape index (κ2) is 7.61. The highest BCUT2D eigenvalue weighted by Gasteiger charge is 2.23. The molecule has 1 fully saturated rings. The van der Waals surface area contributed by atoms with Crippen molar-refractivity contribution in [2.24, 2.45) is 0 Å². The quantitative estimate of drug-likeness (QED) is 0.760. The van der Waals surface area contributed by atoms with Gasteiger partial charge in [-0.2, -0.15) is 0 Å². The largest absolute Gasteiger partial charge is 0.434 e. The number of H-pyrrole nitrogens is 1. The normalized spacial score (nSPS) is 18.0. The molecule has 1 saturated heterocycles. The summed E-state index contributed by atoms with van der Waals surface area (Å²) in [7, 11) is 0. The van der Waals surface area contributed by atoms with Gasteiger partial charge in [0.25, 0.3) is 0 Å². The van der Waals surface area contributed by atoms with Gasteiger partial charge < -0.3 is 9.72 Å². The zero-order valence-electron chi connectivity index (χ0n) is 14.3. The molecule has 26 heavy (non-hydrogen) atoms. The summed E-state index contributed by atoms with van der Waals surface area (Å²) >= 11 is 0. The molecule has 0 unspecified atom stereocenters. The van der Waals surface area contributed by atoms with Crippen LogP contribution in [0.1, 0.15) is 30.3 Å². The van der Waals surface area contributed by atoms with Crippen LogP contribution in [0.4, 0.5) is 4.39 Å². The Balaban J connectivity index is 1.46. The number of nitrogens with one attached hydrogen (secondary N) is 1. The van der Waals surface area contributed by atoms with E-state index in [0.29, 0.717) is 5.88 Å². The lowest BCUT2D eigenvalue weighted by atomic mass is 9.95. The third kappa shape index (κ3) is 3.88. The molecule has 3 heterocycles. The average Bonchev–Trinajstić information content (AvgIpc) is 3.17. The third-order valence-corrected chi connectivity index (χ3v) is 4.53. The van der Waals surface area contributed by atoms with Gasteiger partial charge in [0.2, 0.25) is 5.88 Å². The Bertz CT molecular complexity index is 855. The Morgan fingerprint density at radius 2 is 2.19 bits per heavy atom. The lowest BCUT2D eigenvalue weighted by Crippen LogP contribution is -2.34. The molecule has 1 N–H and O–H groups in total. The van der Waals surface area contributed by atoms with Gasteiger partial charge in [-0.1, -0.05) is 12.1 Å². The van der Waals surface area contributed by atoms with Crippen molar-refractivity contribution in [3.63, 3.8) is 0 Å². The summed E-state index contributed by atoms with van der Waals surface area (Å²) < 4.78 is 19.3. The van der Waals surface area contributed by atoms with Gasteiger partial charge in [-0.05, 0) is 31.5 Å². The average molecular weight is 353 g/mol. The van der Waals surface area contributed by atoms with Gasteiger partial charge in [0, 0.05) is 31.1 Å². The van der Waals surface area contributed by atoms with Crippen LogP contribution in [0, 0.1) is 5.82 Å². The minimum absolute atomic E-state index is 0.155. The maximum Gasteiger partial charge on any atom is 0.238 e. The van der Waals surface area contributed by atoms with Crippen LogP contribution < -0.4 is 4.74 Å². The molecule has 0 bridgehead atoms. The fourth-order valence-electron chi connectivity index (χ4n) is 3.29. The molecule has 0 spiro atoms. The van der Waals surface area contributed by atoms with E-state index in [1.165, 1.54) is 12.3 Å². The number of hydrogen-bond acceptors (Lipinski definition) is 5. The maximum atomic E-state index is 13.8. The van der Waals surface area contributed by atoms with Crippen LogP contribution in [0.2, 0.25) is 0 Å². The molecule has 0 saturated carbocycles. The number of ether oxygens (including phenoxy) is 1. The fraction of sp³-hybridized carbons (Fsp3) is 0.316. The SMILES string of the molecule is Fc1ccccc1Oc1cncc([C@@H]2CCCN(Cc3ncc[nH]3)C2)n1. The number of benzene rings is 1. The Kier molecular flexibility index (Phi) is 4.88. The van der Waals surface area contributed by atoms with E-state index in [1.807, 2.05) is 6.20 Å². The highest BCUT2D eigenvalue weighted by atomic mass is 19.1. The Morgan fingerprint density at radius 1 is 1.27 bits per heavy atom. The standard InChI is InChI=1S/C19H20FN5O/c20-15-5-1-2-6-17(15)26-19-11-21-10-16(24-19)14-4-3-9-25(12-14)13-18-22-7-8-23-18/h1-2,5-8,10-11,14H,3-4,9,12-13H2,(H,22,23)/t14-/m1/s1. The summed E-state index contributed by atoms with van der Waals surface area (Å²) in [6, 6.07) is 6.29. The number of rotatable bonds is 5. The summed E-state index contributed by atoms with van der Waals surface area (Å²) in [6.07, 6.45) is 9.03. The molecule has 0 radical (unpaired) electrons. The highest BCUT2D eigenvalue weighted by molar-refractivity contribution is 5.28. The van der Waals surface area contributed by atoms with Crippen molar-refractivity contribution in [3.05, 3.63) is 66.4 Å². The number of imidazole rings is 1. The zero-order valence-corrected chi connectivity index (χ0v) is 14.3. The van der Waals surface area contributed by atoms with E-state index in [0.717, 1.165) is 44.0 Å². The van der Waals surface area contributed by atoms with Crippen molar-refractivity contribution < 1.29 is 9.13 Å². The molecule has 134 valence electrons. The number of aromatic amines is 1. The van der Waals surface area contributed by atoms with Crippen LogP contribution in [-0.4, -0.2) is 37.9 Å². The molecule has 1 aliphatic heterocycles. The van der Waals surface area contributed by atoms with E-state index in [2.05, 4.69) is 24.8 Å². The van der Waals surface area contributed by atoms with Crippen molar-refractivity contribution in [3.8, 4) is 11.6 Å². The molecule has 3 aromatic rings. The Hall–Kier alpha value is -2.80. The molecular formula is C19H20FN5O. The van der Waals surface area contributed by atoms with Crippen molar-refractivity contribution >= 4 is 0 Å². The second-order valence-corrected chi connectivity index (χ2v) is 6.42. The predicted octanol–water partition coefficient (Wildman–Crippen LogP) is 3.51. The monoisotopic (exact) mass is 353 g/mol. The highest BCUT2D eigenvalue weighted by Crippen LogP contribution is 2.28. The van der Waals surface area contributed by atoms with Crippen LogP contribution in [0.25, 0.3) is 0 Å². The number of halogens is 1. The maximum absolute atomic E-state index is 13.8. The third-order valence-electron chi connectivity index (χ3n) is 4.53. The lowest BCUT2D eigenvalue weighted by Gasteiger charge is -2.31. The summed E-state index contributed by atoms with van der Waals surface area (Å²) in [6.45, 7) is 2.72. The van der Waals surface area contributed by atoms with Crippen LogP contribution in [-0.2, 0) is 6.54 Å². The van der Waals surface area contributed by atoms with E-state index in [1.54, 1.807) is 30.6 Å². The van der Waals surface area contributed by atoms with E-state index in [9.17, 15) is 4.39 Å². The molecule has 2 aromatic heterocycles. The van der Waals surface area contributed by atoms with Crippen molar-refractivity contribution in [2.75, 3.05) is 13.1 Å². The number of aromatic nitrogens is 4. The summed E-state index contributed by atoms with van der Waals surface area (Å²) in [5.41, 5.74) is 0.878. The van der Waals surface area contributed by atoms with E-state index in [-0.39, 0.29) is 11.7 Å². The number of hydrogen-bond donors (Lipinski definition) is 1. The van der Waals surface area contributed by atoms with Gasteiger partial charge >= 0.3 is 0 Å². The van der Waals surface area contributed by atoms with Crippen molar-refractivity contribution in [1.82, 2.24) is 24.8 Å². The lowest BCUT2D eigenvalue weighted by molar-refractivity contribution is 0.194. The summed E-state index contributed by atoms with van der Waals surface area (Å²) in [5.74, 6) is 1.29. The van der Waals surface area contributed by atoms with Crippen LogP contribution in [0.15, 0.2) is 49.1 Å². The van der Waals surface area contributed by atoms with Gasteiger partial charge in [0.1, 0.15) is 5.82 Å². The molecule has 0 aliphatic carbocycles. The number of para-hydroxylation sites is 1. The number of likely N-dealkylation sites (tertiary alicyclic amines) is 1. The van der Waals surface area contributed by atoms with Crippen LogP contribution >= 0.6 is 0 Å². The molecule has 1 aromatic carbocycles. The van der Waals surface area contributed by atoms with Gasteiger partial charge in [-0.15, -0.1) is 0 Å². The molecule has 1 aliphatic rings. The number of piperidine rings is 1. The van der Waals surface area contributed by atoms with Crippen LogP contribution in [0.3, 0.4) is 0 Å². The number of nitrogens with zero attached hydrogens (tertiary/aromatic N) is 4. The first-order valence-corrected chi connectivity index (χ1v) is 8.73. The first kappa shape index (κ1) is 16.7. The van der Waals surface area contributed by atoms with E-state index in [4.69, 9.17) is 4.74 Å². The van der Waals surface area contributed by atoms with Crippen LogP contribution in [0.5, 0.6) is 11.6 Å². The minimum Gasteiger partial charge on any atom is -0.434 e. The molecule has 1 atom stereocenters. The summed E-state index contributed by atoms with van der Waals surface area (Å²) in [4.78, 5) is 18.6. The first-order chi connectivity index (χ1) is 12.8. The second-order valence-electron chi connectivity index (χ2n) is 6.42. The zero-order chi connectivity index (χ0) is 17.8. The molecule has 0 amide bonds. The van der Waals surface area contributed by atoms with E-state index < -0.39 is 5.82 Å². The van der Waals surface area contributed by atoms with Gasteiger partial charge in [0.15, 0.2) is 11.6 Å². The summed E-state index contributed by atoms with van der Waals surface area (Å²) in [5, 5.41) is 0. The Labute approximate surface area is 151 Å². The van der Waals surface area contributed by atoms with Gasteiger partial charge in [-0.3, -0.25) is 9.88 Å². The van der Waals surface area contributed by atoms with Crippen molar-refractivity contribution in [2.45, 2.75) is 25.3 Å². The van der Waals surface area contributed by atoms with Gasteiger partial charge in [-0.25, -0.2) is 14.4 Å². The molecule has 6 nitrogen and oxygen atoms in total. The van der Waals surface area contributed by atoms with Crippen molar-refractivity contribution in [1.29, 1.82) is 0 Å². The van der Waals surface area contributed by atoms with Gasteiger partial charge in [0.05, 0.1) is 18.4 Å². The predicted molar refractivity (Wildman–Crippen MR) is 94.3 cm³/mol. The topological polar surface area (TPSA) is 66.9 Å². The fourth-order valence-corrected chi connectivity index (χ4v) is 3.29. The smallest absolute Gasteiger partial charge is 0.238 e. The molecule has 4 rings (SSSR count).